The van der Waals surface area contributed by atoms with Crippen LogP contribution >= 0.6 is 23.5 Å². The van der Waals surface area contributed by atoms with Crippen molar-refractivity contribution in [2.45, 2.75) is 121 Å². The summed E-state index contributed by atoms with van der Waals surface area (Å²) in [5.41, 5.74) is 10.5. The summed E-state index contributed by atoms with van der Waals surface area (Å²) in [6.45, 7) is 26.6. The minimum atomic E-state index is -0.287. The van der Waals surface area contributed by atoms with Crippen molar-refractivity contribution in [3.63, 3.8) is 0 Å². The molecule has 0 spiro atoms. The van der Waals surface area contributed by atoms with Gasteiger partial charge in [0.1, 0.15) is 0 Å². The Morgan fingerprint density at radius 1 is 0.607 bits per heavy atom. The van der Waals surface area contributed by atoms with E-state index in [-0.39, 0.29) is 22.8 Å². The summed E-state index contributed by atoms with van der Waals surface area (Å²) in [5, 5.41) is 1.07. The molecule has 0 heterocycles. The van der Waals surface area contributed by atoms with Crippen LogP contribution in [0.2, 0.25) is 0 Å². The maximum atomic E-state index is 12.3. The average Bonchev–Trinajstić information content (AvgIpc) is 3.17. The number of hydrogen-bond acceptors (Lipinski definition) is 8. The number of nitrogens with zero attached hydrogens (tertiary/aromatic N) is 2. The smallest absolute Gasteiger partial charge is 0.331 e. The van der Waals surface area contributed by atoms with Gasteiger partial charge in [-0.1, -0.05) is 111 Å². The number of carbonyl (C=O) groups is 2. The highest BCUT2D eigenvalue weighted by Gasteiger charge is 2.27. The van der Waals surface area contributed by atoms with Crippen molar-refractivity contribution in [3.8, 4) is 0 Å². The fourth-order valence-corrected chi connectivity index (χ4v) is 9.97. The second kappa shape index (κ2) is 29.3. The first-order valence-electron chi connectivity index (χ1n) is 22.6. The molecule has 0 radical (unpaired) electrons. The second-order valence-corrected chi connectivity index (χ2v) is 21.0. The van der Waals surface area contributed by atoms with Gasteiger partial charge in [-0.15, -0.1) is 23.5 Å². The predicted octanol–water partition coefficient (Wildman–Crippen LogP) is 13.2. The lowest BCUT2D eigenvalue weighted by Gasteiger charge is -2.33. The van der Waals surface area contributed by atoms with E-state index in [9.17, 15) is 9.59 Å². The van der Waals surface area contributed by atoms with Gasteiger partial charge in [0.15, 0.2) is 0 Å². The summed E-state index contributed by atoms with van der Waals surface area (Å²) in [4.78, 5) is 29.2. The van der Waals surface area contributed by atoms with Crippen LogP contribution in [-0.4, -0.2) is 91.8 Å². The molecule has 340 valence electrons. The van der Waals surface area contributed by atoms with Gasteiger partial charge >= 0.3 is 11.9 Å². The number of allylic oxidation sites excluding steroid dienone is 18. The summed E-state index contributed by atoms with van der Waals surface area (Å²) in [7, 11) is 4.25. The number of rotatable bonds is 26. The number of hydrogen-bond donors (Lipinski definition) is 0. The van der Waals surface area contributed by atoms with Gasteiger partial charge in [-0.25, -0.2) is 9.59 Å². The molecule has 0 aliphatic heterocycles. The van der Waals surface area contributed by atoms with E-state index in [0.717, 1.165) is 66.8 Å². The molecule has 0 atom stereocenters. The van der Waals surface area contributed by atoms with Crippen molar-refractivity contribution in [2.24, 2.45) is 10.8 Å². The van der Waals surface area contributed by atoms with Gasteiger partial charge in [0, 0.05) is 54.9 Å². The van der Waals surface area contributed by atoms with E-state index in [2.05, 4.69) is 116 Å². The quantitative estimate of drug-likeness (QED) is 0.0280. The lowest BCUT2D eigenvalue weighted by Crippen LogP contribution is -2.24. The number of carbonyl (C=O) groups excluding carboxylic acids is 2. The molecule has 0 bridgehead atoms. The molecule has 2 aliphatic rings. The minimum absolute atomic E-state index is 0.240. The summed E-state index contributed by atoms with van der Waals surface area (Å²) in [6.07, 6.45) is 33.2. The first-order valence-corrected chi connectivity index (χ1v) is 24.9. The molecular formula is C53H82N2O4S2. The lowest BCUT2D eigenvalue weighted by molar-refractivity contribution is -0.138. The maximum absolute atomic E-state index is 12.3. The van der Waals surface area contributed by atoms with E-state index in [1.165, 1.54) is 72.0 Å². The van der Waals surface area contributed by atoms with E-state index in [4.69, 9.17) is 9.47 Å². The van der Waals surface area contributed by atoms with Crippen LogP contribution < -0.4 is 0 Å². The molecule has 6 nitrogen and oxygen atoms in total. The molecule has 0 aromatic carbocycles. The van der Waals surface area contributed by atoms with Crippen molar-refractivity contribution in [2.75, 3.05) is 70.1 Å². The molecule has 0 N–H and O–H groups in total. The Morgan fingerprint density at radius 2 is 1.00 bits per heavy atom. The van der Waals surface area contributed by atoms with Gasteiger partial charge in [-0.2, -0.15) is 0 Å². The largest absolute Gasteiger partial charge is 0.462 e. The molecule has 0 unspecified atom stereocenters. The van der Waals surface area contributed by atoms with Crippen LogP contribution in [0.15, 0.2) is 117 Å². The summed E-state index contributed by atoms with van der Waals surface area (Å²) < 4.78 is 10.9. The van der Waals surface area contributed by atoms with Crippen LogP contribution in [0.4, 0.5) is 0 Å². The molecule has 61 heavy (non-hydrogen) atoms. The number of esters is 2. The Morgan fingerprint density at radius 3 is 1.38 bits per heavy atom. The van der Waals surface area contributed by atoms with Crippen LogP contribution in [0.3, 0.4) is 0 Å². The average molecular weight is 875 g/mol. The van der Waals surface area contributed by atoms with E-state index >= 15 is 0 Å². The number of thioether (sulfide) groups is 2. The number of ether oxygens (including phenoxy) is 2. The predicted molar refractivity (Wildman–Crippen MR) is 268 cm³/mol. The van der Waals surface area contributed by atoms with E-state index in [0.29, 0.717) is 13.2 Å². The summed E-state index contributed by atoms with van der Waals surface area (Å²) in [5.74, 6) is 1.58. The monoisotopic (exact) mass is 875 g/mol. The topological polar surface area (TPSA) is 59.1 Å². The standard InChI is InChI=1S/C53H82N2O4S2/c1-42(25-27-48-46(5)23-15-29-52(48,7)8)19-13-21-44(3)39-50(56)58-35-17-31-54(11)33-37-60-41-61-38-34-55(12)32-18-36-59-51(57)40-45(4)22-14-20-43(2)26-28-49-47(6)24-16-30-53(49,9)10/h13-14,19-22,25-28,39-40H,15-18,23-24,29-38,41H2,1-12H3/b21-13+,22-14+,27-25+,28-26+,42-19+,43-20+,44-39+,45-40+. The van der Waals surface area contributed by atoms with E-state index < -0.39 is 0 Å². The molecule has 0 fully saturated rings. The van der Waals surface area contributed by atoms with Crippen molar-refractivity contribution in [3.05, 3.63) is 117 Å². The minimum Gasteiger partial charge on any atom is -0.462 e. The first-order chi connectivity index (χ1) is 28.9. The molecule has 8 heteroatoms. The van der Waals surface area contributed by atoms with Gasteiger partial charge in [0.05, 0.1) is 13.2 Å². The van der Waals surface area contributed by atoms with E-state index in [1.54, 1.807) is 12.2 Å². The van der Waals surface area contributed by atoms with Crippen molar-refractivity contribution < 1.29 is 19.1 Å². The maximum Gasteiger partial charge on any atom is 0.331 e. The van der Waals surface area contributed by atoms with Gasteiger partial charge in [0.25, 0.3) is 0 Å². The summed E-state index contributed by atoms with van der Waals surface area (Å²) >= 11 is 3.92. The molecule has 0 saturated heterocycles. The second-order valence-electron chi connectivity index (χ2n) is 18.4. The zero-order chi connectivity index (χ0) is 45.3. The van der Waals surface area contributed by atoms with Crippen LogP contribution in [0.1, 0.15) is 121 Å². The molecule has 0 amide bonds. The lowest BCUT2D eigenvalue weighted by atomic mass is 9.72. The van der Waals surface area contributed by atoms with Gasteiger partial charge < -0.3 is 19.3 Å². The zero-order valence-corrected chi connectivity index (χ0v) is 41.9. The first kappa shape index (κ1) is 54.1. The van der Waals surface area contributed by atoms with Crippen LogP contribution in [0.25, 0.3) is 0 Å². The third kappa shape index (κ3) is 23.8. The van der Waals surface area contributed by atoms with Gasteiger partial charge in [-0.3, -0.25) is 0 Å². The fourth-order valence-electron chi connectivity index (χ4n) is 7.67. The zero-order valence-electron chi connectivity index (χ0n) is 40.3. The Balaban J connectivity index is 1.49. The highest BCUT2D eigenvalue weighted by molar-refractivity contribution is 8.16. The Labute approximate surface area is 381 Å². The molecule has 2 aliphatic carbocycles. The highest BCUT2D eigenvalue weighted by atomic mass is 32.2. The normalized spacial score (nSPS) is 18.3. The molecular weight excluding hydrogens is 793 g/mol. The molecule has 0 aromatic rings. The van der Waals surface area contributed by atoms with Crippen molar-refractivity contribution in [1.82, 2.24) is 9.80 Å². The Bertz CT molecular complexity index is 1590. The van der Waals surface area contributed by atoms with Crippen LogP contribution in [0, 0.1) is 10.8 Å². The van der Waals surface area contributed by atoms with Crippen LogP contribution in [-0.2, 0) is 19.1 Å². The van der Waals surface area contributed by atoms with Crippen LogP contribution in [0.5, 0.6) is 0 Å². The fraction of sp³-hybridized carbons (Fsp3) is 0.585. The molecule has 2 rings (SSSR count). The molecule has 0 saturated carbocycles. The molecule has 0 aromatic heterocycles. The van der Waals surface area contributed by atoms with Crippen molar-refractivity contribution in [1.29, 1.82) is 0 Å². The van der Waals surface area contributed by atoms with Gasteiger partial charge in [0.2, 0.25) is 0 Å². The van der Waals surface area contributed by atoms with E-state index in [1.807, 2.05) is 61.7 Å². The SMILES string of the molecule is CC1=C(/C=C/C(C)=C/C=C/C(C)=C/C(=O)OCCCN(C)CCSCSCCN(C)CCCOC(=O)/C=C(C)/C=C/C=C(C)/C=C/C2=C(C)CCCC2(C)C)C(C)(C)CCC1. The Kier molecular flexibility index (Phi) is 26.0. The summed E-state index contributed by atoms with van der Waals surface area (Å²) in [6, 6.07) is 0. The van der Waals surface area contributed by atoms with Gasteiger partial charge in [-0.05, 0) is 140 Å². The third-order valence-electron chi connectivity index (χ3n) is 11.5. The third-order valence-corrected chi connectivity index (χ3v) is 13.8. The van der Waals surface area contributed by atoms with Crippen molar-refractivity contribution >= 4 is 35.5 Å². The highest BCUT2D eigenvalue weighted by Crippen LogP contribution is 2.41. The Hall–Kier alpha value is -3.04.